The van der Waals surface area contributed by atoms with E-state index < -0.39 is 12.7 Å². The minimum absolute atomic E-state index is 0.0195. The van der Waals surface area contributed by atoms with Crippen molar-refractivity contribution in [3.63, 3.8) is 0 Å². The molecule has 5 nitrogen and oxygen atoms in total. The van der Waals surface area contributed by atoms with E-state index >= 15 is 0 Å². The first kappa shape index (κ1) is 17.1. The summed E-state index contributed by atoms with van der Waals surface area (Å²) < 4.78 is 29.6. The van der Waals surface area contributed by atoms with Gasteiger partial charge in [0, 0.05) is 10.6 Å². The summed E-state index contributed by atoms with van der Waals surface area (Å²) in [7, 11) is -0.849. The zero-order chi connectivity index (χ0) is 17.9. The van der Waals surface area contributed by atoms with Crippen LogP contribution in [-0.2, 0) is 4.57 Å². The number of carbonyl (C=O) groups is 1. The van der Waals surface area contributed by atoms with E-state index in [9.17, 15) is 9.36 Å². The molecule has 0 radical (unpaired) electrons. The lowest BCUT2D eigenvalue weighted by Gasteiger charge is -2.18. The molecule has 6 heteroatoms. The molecule has 0 bridgehead atoms. The third kappa shape index (κ3) is 2.87. The number of carbonyl (C=O) groups excluding carboxylic acids is 1. The van der Waals surface area contributed by atoms with E-state index in [4.69, 9.17) is 13.9 Å². The lowest BCUT2D eigenvalue weighted by Crippen LogP contribution is -2.23. The third-order valence-electron chi connectivity index (χ3n) is 3.87. The second kappa shape index (κ2) is 6.99. The molecular formula is C19H17O5P. The van der Waals surface area contributed by atoms with E-state index in [1.165, 1.54) is 20.5 Å². The fourth-order valence-corrected chi connectivity index (χ4v) is 5.10. The average Bonchev–Trinajstić information content (AvgIpc) is 3.11. The molecule has 1 aromatic heterocycles. The lowest BCUT2D eigenvalue weighted by molar-refractivity contribution is 0.107. The van der Waals surface area contributed by atoms with Crippen molar-refractivity contribution in [1.29, 1.82) is 0 Å². The molecule has 3 rings (SSSR count). The molecule has 2 aromatic carbocycles. The van der Waals surface area contributed by atoms with Gasteiger partial charge in [0.05, 0.1) is 14.2 Å². The van der Waals surface area contributed by atoms with Crippen LogP contribution in [0.2, 0.25) is 0 Å². The molecule has 0 aliphatic heterocycles. The Bertz CT molecular complexity index is 851. The van der Waals surface area contributed by atoms with Crippen molar-refractivity contribution in [3.05, 3.63) is 72.5 Å². The van der Waals surface area contributed by atoms with Crippen LogP contribution in [0.15, 0.2) is 71.3 Å². The van der Waals surface area contributed by atoms with Crippen molar-refractivity contribution in [2.45, 2.75) is 0 Å². The Kier molecular flexibility index (Phi) is 4.77. The Hall–Kier alpha value is -2.78. The quantitative estimate of drug-likeness (QED) is 0.633. The molecule has 0 fully saturated rings. The summed E-state index contributed by atoms with van der Waals surface area (Å²) in [4.78, 5) is 13.4. The predicted octanol–water partition coefficient (Wildman–Crippen LogP) is 3.45. The Morgan fingerprint density at radius 2 is 1.40 bits per heavy atom. The summed E-state index contributed by atoms with van der Waals surface area (Å²) in [5.74, 6) is 0.169. The van der Waals surface area contributed by atoms with E-state index in [0.29, 0.717) is 10.6 Å². The molecule has 3 aromatic rings. The van der Waals surface area contributed by atoms with Crippen molar-refractivity contribution >= 4 is 23.3 Å². The summed E-state index contributed by atoms with van der Waals surface area (Å²) in [6.45, 7) is 0. The second-order valence-corrected chi connectivity index (χ2v) is 7.91. The van der Waals surface area contributed by atoms with Crippen LogP contribution >= 0.6 is 7.14 Å². The molecule has 25 heavy (non-hydrogen) atoms. The molecule has 0 aliphatic rings. The first-order valence-corrected chi connectivity index (χ1v) is 9.29. The molecule has 0 saturated carbocycles. The molecule has 0 amide bonds. The highest BCUT2D eigenvalue weighted by Gasteiger charge is 2.41. The maximum Gasteiger partial charge on any atom is 0.299 e. The van der Waals surface area contributed by atoms with Crippen molar-refractivity contribution in [2.24, 2.45) is 0 Å². The summed E-state index contributed by atoms with van der Waals surface area (Å²) >= 11 is 0. The second-order valence-electron chi connectivity index (χ2n) is 5.26. The summed E-state index contributed by atoms with van der Waals surface area (Å²) in [6.07, 6.45) is 1.27. The molecule has 0 aliphatic carbocycles. The van der Waals surface area contributed by atoms with Gasteiger partial charge in [-0.15, -0.1) is 0 Å². The lowest BCUT2D eigenvalue weighted by atomic mass is 10.3. The van der Waals surface area contributed by atoms with Gasteiger partial charge in [0.25, 0.3) is 5.95 Å². The highest BCUT2D eigenvalue weighted by Crippen LogP contribution is 2.50. The minimum atomic E-state index is -3.64. The Morgan fingerprint density at radius 1 is 0.880 bits per heavy atom. The maximum absolute atomic E-state index is 14.0. The fourth-order valence-electron chi connectivity index (χ4n) is 2.64. The van der Waals surface area contributed by atoms with Crippen LogP contribution in [0.3, 0.4) is 0 Å². The molecule has 0 spiro atoms. The van der Waals surface area contributed by atoms with Crippen LogP contribution in [-0.4, -0.2) is 19.7 Å². The highest BCUT2D eigenvalue weighted by molar-refractivity contribution is 7.93. The van der Waals surface area contributed by atoms with E-state index in [0.717, 1.165) is 0 Å². The summed E-state index contributed by atoms with van der Waals surface area (Å²) in [5, 5.41) is 0.882. The number of benzene rings is 2. The monoisotopic (exact) mass is 356 g/mol. The van der Waals surface area contributed by atoms with E-state index in [2.05, 4.69) is 0 Å². The Labute approximate surface area is 145 Å². The molecule has 128 valence electrons. The van der Waals surface area contributed by atoms with Crippen molar-refractivity contribution in [3.8, 4) is 11.7 Å². The van der Waals surface area contributed by atoms with Gasteiger partial charge in [0.15, 0.2) is 11.3 Å². The van der Waals surface area contributed by atoms with Gasteiger partial charge >= 0.3 is 0 Å². The van der Waals surface area contributed by atoms with Crippen molar-refractivity contribution in [2.75, 3.05) is 14.2 Å². The topological polar surface area (TPSA) is 65.7 Å². The van der Waals surface area contributed by atoms with Crippen LogP contribution in [0.5, 0.6) is 11.7 Å². The van der Waals surface area contributed by atoms with E-state index in [1.807, 2.05) is 12.1 Å². The van der Waals surface area contributed by atoms with Gasteiger partial charge in [0.1, 0.15) is 6.26 Å². The molecule has 0 saturated heterocycles. The summed E-state index contributed by atoms with van der Waals surface area (Å²) in [5.41, 5.74) is -0.548. The third-order valence-corrected chi connectivity index (χ3v) is 6.71. The van der Waals surface area contributed by atoms with Gasteiger partial charge in [-0.05, 0) is 0 Å². The molecule has 1 heterocycles. The smallest absolute Gasteiger partial charge is 0.299 e. The van der Waals surface area contributed by atoms with Crippen LogP contribution < -0.4 is 20.1 Å². The first-order valence-electron chi connectivity index (χ1n) is 7.58. The van der Waals surface area contributed by atoms with E-state index in [1.54, 1.807) is 48.5 Å². The zero-order valence-electron chi connectivity index (χ0n) is 13.8. The average molecular weight is 356 g/mol. The molecule has 0 N–H and O–H groups in total. The fraction of sp³-hybridized carbons (Fsp3) is 0.105. The number of hydrogen-bond acceptors (Lipinski definition) is 5. The normalized spacial score (nSPS) is 11.1. The number of furan rings is 1. The van der Waals surface area contributed by atoms with Gasteiger partial charge in [0.2, 0.25) is 12.7 Å². The number of ether oxygens (including phenoxy) is 2. The van der Waals surface area contributed by atoms with Gasteiger partial charge < -0.3 is 18.5 Å². The number of methoxy groups -OCH3 is 2. The minimum Gasteiger partial charge on any atom is -0.492 e. The van der Waals surface area contributed by atoms with Gasteiger partial charge in [-0.1, -0.05) is 60.7 Å². The largest absolute Gasteiger partial charge is 0.492 e. The number of hydrogen-bond donors (Lipinski definition) is 0. The highest BCUT2D eigenvalue weighted by atomic mass is 31.2. The molecule has 0 unspecified atom stereocenters. The van der Waals surface area contributed by atoms with E-state index in [-0.39, 0.29) is 17.3 Å². The Balaban J connectivity index is 2.25. The summed E-state index contributed by atoms with van der Waals surface area (Å²) in [6, 6.07) is 17.4. The van der Waals surface area contributed by atoms with Crippen LogP contribution in [0, 0.1) is 0 Å². The van der Waals surface area contributed by atoms with Crippen LogP contribution in [0.1, 0.15) is 10.4 Å². The zero-order valence-corrected chi connectivity index (χ0v) is 14.7. The number of rotatable bonds is 6. The van der Waals surface area contributed by atoms with Crippen molar-refractivity contribution < 1.29 is 23.3 Å². The SMILES string of the molecule is COc1coc(OC)c1C(=O)P(=O)(c1ccccc1)c1ccccc1. The van der Waals surface area contributed by atoms with Gasteiger partial charge in [-0.3, -0.25) is 4.79 Å². The Morgan fingerprint density at radius 3 is 1.84 bits per heavy atom. The maximum atomic E-state index is 14.0. The van der Waals surface area contributed by atoms with Crippen LogP contribution in [0.25, 0.3) is 0 Å². The van der Waals surface area contributed by atoms with Crippen molar-refractivity contribution in [1.82, 2.24) is 0 Å². The predicted molar refractivity (Wildman–Crippen MR) is 95.9 cm³/mol. The first-order chi connectivity index (χ1) is 12.1. The molecular weight excluding hydrogens is 339 g/mol. The van der Waals surface area contributed by atoms with Gasteiger partial charge in [-0.25, -0.2) is 0 Å². The standard InChI is InChI=1S/C19H17O5P/c1-22-16-13-24-19(23-2)17(16)18(20)25(21,14-9-5-3-6-10-14)15-11-7-4-8-12-15/h3-13H,1-2H3. The molecule has 0 atom stereocenters. The van der Waals surface area contributed by atoms with Crippen LogP contribution in [0.4, 0.5) is 0 Å². The van der Waals surface area contributed by atoms with Gasteiger partial charge in [-0.2, -0.15) is 0 Å².